The summed E-state index contributed by atoms with van der Waals surface area (Å²) >= 11 is 0. The van der Waals surface area contributed by atoms with Gasteiger partial charge in [0.2, 0.25) is 5.91 Å². The van der Waals surface area contributed by atoms with E-state index in [1.54, 1.807) is 0 Å². The lowest BCUT2D eigenvalue weighted by atomic mass is 10.0. The molecule has 6 nitrogen and oxygen atoms in total. The molecule has 0 aliphatic rings. The summed E-state index contributed by atoms with van der Waals surface area (Å²) in [5.41, 5.74) is 0. The Morgan fingerprint density at radius 1 is 0.477 bits per heavy atom. The lowest BCUT2D eigenvalue weighted by molar-refractivity contribution is -0.151. The van der Waals surface area contributed by atoms with E-state index in [1.165, 1.54) is 122 Å². The molecule has 3 N–H and O–H groups in total. The molecule has 0 heterocycles. The summed E-state index contributed by atoms with van der Waals surface area (Å²) in [5, 5.41) is 23.9. The first-order valence-electron chi connectivity index (χ1n) is 27.7. The van der Waals surface area contributed by atoms with Gasteiger partial charge in [-0.2, -0.15) is 0 Å². The van der Waals surface area contributed by atoms with Crippen LogP contribution in [0, 0.1) is 0 Å². The fourth-order valence-electron chi connectivity index (χ4n) is 8.18. The van der Waals surface area contributed by atoms with Crippen LogP contribution >= 0.6 is 0 Å². The quantitative estimate of drug-likeness (QED) is 0.0245. The van der Waals surface area contributed by atoms with Crippen molar-refractivity contribution in [1.82, 2.24) is 5.32 Å². The Balaban J connectivity index is 4.63. The van der Waals surface area contributed by atoms with Crippen molar-refractivity contribution in [1.29, 1.82) is 0 Å². The van der Waals surface area contributed by atoms with Gasteiger partial charge >= 0.3 is 5.97 Å². The van der Waals surface area contributed by atoms with Crippen LogP contribution in [0.2, 0.25) is 0 Å². The average Bonchev–Trinajstić information content (AvgIpc) is 3.30. The number of allylic oxidation sites excluding steroid dienone is 12. The number of esters is 1. The fraction of sp³-hybridized carbons (Fsp3) is 0.763. The molecule has 0 saturated heterocycles. The van der Waals surface area contributed by atoms with Crippen LogP contribution in [0.4, 0.5) is 0 Å². The molecule has 0 aromatic heterocycles. The highest BCUT2D eigenvalue weighted by Crippen LogP contribution is 2.18. The van der Waals surface area contributed by atoms with E-state index < -0.39 is 18.2 Å². The van der Waals surface area contributed by atoms with Crippen molar-refractivity contribution in [3.8, 4) is 0 Å². The van der Waals surface area contributed by atoms with E-state index in [2.05, 4.69) is 80.8 Å². The molecule has 0 radical (unpaired) electrons. The number of unbranched alkanes of at least 4 members (excludes halogenated alkanes) is 28. The number of aliphatic hydroxyl groups is 2. The van der Waals surface area contributed by atoms with E-state index in [9.17, 15) is 19.8 Å². The normalized spacial score (nSPS) is 13.7. The Morgan fingerprint density at radius 2 is 0.892 bits per heavy atom. The highest BCUT2D eigenvalue weighted by atomic mass is 16.5. The minimum atomic E-state index is -0.797. The second kappa shape index (κ2) is 52.3. The third kappa shape index (κ3) is 47.6. The van der Waals surface area contributed by atoms with Crippen LogP contribution in [0.5, 0.6) is 0 Å². The molecule has 0 aromatic rings. The number of carbonyl (C=O) groups is 2. The molecular weight excluding hydrogens is 803 g/mol. The zero-order valence-electron chi connectivity index (χ0n) is 42.9. The lowest BCUT2D eigenvalue weighted by Gasteiger charge is -2.24. The molecule has 0 fully saturated rings. The molecular formula is C59H105NO5. The van der Waals surface area contributed by atoms with Crippen molar-refractivity contribution < 1.29 is 24.5 Å². The number of hydrogen-bond acceptors (Lipinski definition) is 5. The van der Waals surface area contributed by atoms with Crippen LogP contribution in [0.3, 0.4) is 0 Å². The number of ether oxygens (including phenoxy) is 1. The number of nitrogens with one attached hydrogen (secondary N) is 1. The maximum absolute atomic E-state index is 13.3. The molecule has 0 spiro atoms. The van der Waals surface area contributed by atoms with Crippen molar-refractivity contribution >= 4 is 11.9 Å². The molecule has 0 rings (SSSR count). The zero-order chi connectivity index (χ0) is 47.4. The van der Waals surface area contributed by atoms with Gasteiger partial charge in [-0.3, -0.25) is 9.59 Å². The first-order chi connectivity index (χ1) is 32.0. The van der Waals surface area contributed by atoms with E-state index in [-0.39, 0.29) is 24.9 Å². The number of carbonyl (C=O) groups excluding carboxylic acids is 2. The van der Waals surface area contributed by atoms with Crippen LogP contribution in [0.1, 0.15) is 265 Å². The summed E-state index contributed by atoms with van der Waals surface area (Å²) in [6.07, 6.45) is 66.7. The van der Waals surface area contributed by atoms with Gasteiger partial charge in [0.1, 0.15) is 6.10 Å². The summed E-state index contributed by atoms with van der Waals surface area (Å²) < 4.78 is 5.94. The first kappa shape index (κ1) is 62.3. The van der Waals surface area contributed by atoms with Crippen molar-refractivity contribution in [2.24, 2.45) is 0 Å². The molecule has 3 atom stereocenters. The Morgan fingerprint density at radius 3 is 1.42 bits per heavy atom. The van der Waals surface area contributed by atoms with Crippen molar-refractivity contribution in [2.75, 3.05) is 6.61 Å². The Labute approximate surface area is 402 Å². The molecule has 65 heavy (non-hydrogen) atoms. The van der Waals surface area contributed by atoms with E-state index in [4.69, 9.17) is 4.74 Å². The minimum Gasteiger partial charge on any atom is -0.462 e. The summed E-state index contributed by atoms with van der Waals surface area (Å²) in [7, 11) is 0. The van der Waals surface area contributed by atoms with Crippen molar-refractivity contribution in [2.45, 2.75) is 283 Å². The third-order valence-corrected chi connectivity index (χ3v) is 12.4. The second-order valence-corrected chi connectivity index (χ2v) is 18.7. The SMILES string of the molecule is CC/C=C/C=C/C=C/C=C\CCCCCCCC(=O)OC(CCCCCCCCC/C=C\C/C=C\CCCCC)CC(=O)NC(CO)C(O)CCCCCCCCCCCCCCCC. The summed E-state index contributed by atoms with van der Waals surface area (Å²) in [6, 6.07) is -0.712. The predicted octanol–water partition coefficient (Wildman–Crippen LogP) is 17.0. The molecule has 0 aliphatic carbocycles. The first-order valence-corrected chi connectivity index (χ1v) is 27.7. The van der Waals surface area contributed by atoms with Crippen LogP contribution < -0.4 is 5.32 Å². The number of rotatable bonds is 49. The van der Waals surface area contributed by atoms with Crippen LogP contribution in [0.25, 0.3) is 0 Å². The van der Waals surface area contributed by atoms with Crippen LogP contribution in [-0.2, 0) is 14.3 Å². The average molecular weight is 908 g/mol. The Kier molecular flexibility index (Phi) is 50.1. The standard InChI is InChI=1S/C59H105NO5/c1-4-7-10-13-16-19-22-25-28-29-31-32-35-38-41-44-47-50-55(65-59(64)52-49-46-43-40-37-34-30-26-23-20-17-14-11-8-5-2)53-58(63)60-56(54-61)57(62)51-48-45-42-39-36-33-27-24-21-18-15-12-9-6-3/h8,11,14,16-17,19-20,23,25-26,28,30,55-57,61-62H,4-7,9-10,12-13,15,18,21-22,24,27,29,31-54H2,1-3H3,(H,60,63)/b11-8+,17-14+,19-16-,23-20+,28-25-,30-26-. The maximum atomic E-state index is 13.3. The smallest absolute Gasteiger partial charge is 0.306 e. The largest absolute Gasteiger partial charge is 0.462 e. The topological polar surface area (TPSA) is 95.9 Å². The Hall–Kier alpha value is -2.70. The van der Waals surface area contributed by atoms with Crippen molar-refractivity contribution in [3.63, 3.8) is 0 Å². The fourth-order valence-corrected chi connectivity index (χ4v) is 8.18. The monoisotopic (exact) mass is 908 g/mol. The molecule has 3 unspecified atom stereocenters. The van der Waals surface area contributed by atoms with Gasteiger partial charge in [-0.1, -0.05) is 248 Å². The molecule has 0 bridgehead atoms. The van der Waals surface area contributed by atoms with Gasteiger partial charge in [0.25, 0.3) is 0 Å². The van der Waals surface area contributed by atoms with E-state index in [0.717, 1.165) is 96.3 Å². The van der Waals surface area contributed by atoms with Crippen molar-refractivity contribution in [3.05, 3.63) is 72.9 Å². The second-order valence-electron chi connectivity index (χ2n) is 18.7. The number of aliphatic hydroxyl groups excluding tert-OH is 2. The maximum Gasteiger partial charge on any atom is 0.306 e. The van der Waals surface area contributed by atoms with Gasteiger partial charge in [0, 0.05) is 6.42 Å². The highest BCUT2D eigenvalue weighted by molar-refractivity contribution is 5.77. The van der Waals surface area contributed by atoms with E-state index >= 15 is 0 Å². The van der Waals surface area contributed by atoms with Gasteiger partial charge in [0.05, 0.1) is 25.2 Å². The molecule has 0 saturated carbocycles. The van der Waals surface area contributed by atoms with Gasteiger partial charge in [-0.15, -0.1) is 0 Å². The molecule has 6 heteroatoms. The van der Waals surface area contributed by atoms with Crippen LogP contribution in [-0.4, -0.2) is 46.9 Å². The number of hydrogen-bond donors (Lipinski definition) is 3. The van der Waals surface area contributed by atoms with Gasteiger partial charge < -0.3 is 20.3 Å². The Bertz CT molecular complexity index is 1200. The molecule has 0 aromatic carbocycles. The summed E-state index contributed by atoms with van der Waals surface area (Å²) in [4.78, 5) is 26.2. The summed E-state index contributed by atoms with van der Waals surface area (Å²) in [6.45, 7) is 6.33. The van der Waals surface area contributed by atoms with Crippen LogP contribution in [0.15, 0.2) is 72.9 Å². The van der Waals surface area contributed by atoms with Gasteiger partial charge in [-0.25, -0.2) is 0 Å². The summed E-state index contributed by atoms with van der Waals surface area (Å²) in [5.74, 6) is -0.505. The highest BCUT2D eigenvalue weighted by Gasteiger charge is 2.24. The number of amides is 1. The van der Waals surface area contributed by atoms with E-state index in [1.807, 2.05) is 18.2 Å². The molecule has 1 amide bonds. The molecule has 0 aliphatic heterocycles. The lowest BCUT2D eigenvalue weighted by Crippen LogP contribution is -2.46. The minimum absolute atomic E-state index is 0.0604. The predicted molar refractivity (Wildman–Crippen MR) is 282 cm³/mol. The van der Waals surface area contributed by atoms with Gasteiger partial charge in [-0.05, 0) is 77.0 Å². The van der Waals surface area contributed by atoms with Gasteiger partial charge in [0.15, 0.2) is 0 Å². The zero-order valence-corrected chi connectivity index (χ0v) is 42.9. The third-order valence-electron chi connectivity index (χ3n) is 12.4. The molecule has 376 valence electrons. The van der Waals surface area contributed by atoms with E-state index in [0.29, 0.717) is 19.3 Å².